The smallest absolute Gasteiger partial charge is 0.319 e. The number of pyridine rings is 1. The van der Waals surface area contributed by atoms with Gasteiger partial charge in [-0.25, -0.2) is 13.2 Å². The normalized spacial score (nSPS) is 25.7. The number of halogens is 3. The number of fused-ring (bicyclic) bond motifs is 3. The lowest BCUT2D eigenvalue weighted by atomic mass is 9.92. The van der Waals surface area contributed by atoms with Gasteiger partial charge in [-0.3, -0.25) is 9.88 Å². The van der Waals surface area contributed by atoms with E-state index in [2.05, 4.69) is 14.9 Å². The highest BCUT2D eigenvalue weighted by Crippen LogP contribution is 2.42. The van der Waals surface area contributed by atoms with Crippen molar-refractivity contribution in [3.8, 4) is 23.0 Å². The Morgan fingerprint density at radius 3 is 2.75 bits per heavy atom. The van der Waals surface area contributed by atoms with E-state index in [-0.39, 0.29) is 35.1 Å². The Labute approximate surface area is 254 Å². The molecule has 3 aliphatic rings. The summed E-state index contributed by atoms with van der Waals surface area (Å²) in [6.45, 7) is 6.37. The molecule has 5 heterocycles. The zero-order valence-corrected chi connectivity index (χ0v) is 25.0. The summed E-state index contributed by atoms with van der Waals surface area (Å²) in [6.07, 6.45) is 4.82. The Kier molecular flexibility index (Phi) is 7.08. The molecule has 4 aromatic rings. The first-order chi connectivity index (χ1) is 21.1. The summed E-state index contributed by atoms with van der Waals surface area (Å²) in [5.41, 5.74) is 6.26. The van der Waals surface area contributed by atoms with E-state index in [1.165, 1.54) is 24.4 Å². The Balaban J connectivity index is 1.38. The third-order valence-electron chi connectivity index (χ3n) is 9.66. The zero-order chi connectivity index (χ0) is 30.8. The molecule has 3 atom stereocenters. The van der Waals surface area contributed by atoms with Crippen LogP contribution in [0.1, 0.15) is 51.5 Å². The number of piperidine rings is 1. The molecule has 2 aromatic heterocycles. The number of alkyl halides is 1. The van der Waals surface area contributed by atoms with Crippen LogP contribution in [0.5, 0.6) is 11.8 Å². The second-order valence-electron chi connectivity index (χ2n) is 13.0. The highest BCUT2D eigenvalue weighted by Gasteiger charge is 2.49. The zero-order valence-electron chi connectivity index (χ0n) is 25.0. The van der Waals surface area contributed by atoms with Crippen molar-refractivity contribution in [2.24, 2.45) is 5.73 Å². The number of aromatic nitrogens is 3. The fraction of sp³-hybridized carbons (Fsp3) is 0.485. The molecule has 8 nitrogen and oxygen atoms in total. The van der Waals surface area contributed by atoms with E-state index in [0.717, 1.165) is 32.2 Å². The molecular formula is C33H37F3N6O2. The monoisotopic (exact) mass is 606 g/mol. The Morgan fingerprint density at radius 2 is 1.95 bits per heavy atom. The number of rotatable bonds is 6. The summed E-state index contributed by atoms with van der Waals surface area (Å²) < 4.78 is 52.3. The van der Waals surface area contributed by atoms with Gasteiger partial charge in [-0.1, -0.05) is 13.0 Å². The minimum atomic E-state index is -0.913. The molecule has 0 amide bonds. The number of phenolic OH excluding ortho intramolecular Hbond substituents is 1. The van der Waals surface area contributed by atoms with Crippen molar-refractivity contribution < 1.29 is 23.0 Å². The molecule has 0 saturated carbocycles. The lowest BCUT2D eigenvalue weighted by Crippen LogP contribution is -2.52. The molecule has 0 radical (unpaired) electrons. The predicted molar refractivity (Wildman–Crippen MR) is 164 cm³/mol. The van der Waals surface area contributed by atoms with Gasteiger partial charge in [-0.05, 0) is 80.1 Å². The van der Waals surface area contributed by atoms with Gasteiger partial charge in [0.05, 0.1) is 10.9 Å². The van der Waals surface area contributed by atoms with Crippen LogP contribution in [0.25, 0.3) is 32.9 Å². The summed E-state index contributed by atoms with van der Waals surface area (Å²) in [5.74, 6) is -0.761. The number of nitrogens with zero attached hydrogens (tertiary/aromatic N) is 5. The molecule has 11 heteroatoms. The summed E-state index contributed by atoms with van der Waals surface area (Å²) >= 11 is 0. The number of hydrogen-bond donors (Lipinski definition) is 2. The average Bonchev–Trinajstić information content (AvgIpc) is 3.51. The second-order valence-corrected chi connectivity index (χ2v) is 13.0. The van der Waals surface area contributed by atoms with E-state index in [9.17, 15) is 13.9 Å². The number of benzene rings is 2. The fourth-order valence-corrected chi connectivity index (χ4v) is 7.64. The minimum absolute atomic E-state index is 0.000750. The second kappa shape index (κ2) is 10.7. The van der Waals surface area contributed by atoms with Gasteiger partial charge in [0.15, 0.2) is 5.82 Å². The molecule has 3 fully saturated rings. The van der Waals surface area contributed by atoms with Gasteiger partial charge >= 0.3 is 6.01 Å². The average molecular weight is 607 g/mol. The van der Waals surface area contributed by atoms with E-state index in [4.69, 9.17) is 15.5 Å². The van der Waals surface area contributed by atoms with E-state index in [1.807, 2.05) is 18.7 Å². The molecule has 2 aromatic carbocycles. The van der Waals surface area contributed by atoms with Crippen LogP contribution in [0, 0.1) is 11.6 Å². The molecule has 0 unspecified atom stereocenters. The van der Waals surface area contributed by atoms with Gasteiger partial charge in [0, 0.05) is 43.4 Å². The van der Waals surface area contributed by atoms with Gasteiger partial charge in [-0.15, -0.1) is 0 Å². The number of phenols is 1. The highest BCUT2D eigenvalue weighted by atomic mass is 19.1. The maximum absolute atomic E-state index is 16.8. The lowest BCUT2D eigenvalue weighted by molar-refractivity contribution is 0.107. The standard InChI is InChI=1S/C33H37F3N6O2/c1-3-22-25(35)7-6-19-12-21(43)13-23(26(19)22)28-27(36)29-24(15-38-28)30(41-10-4-8-32(2,37)17-41)40-31(39-29)44-18-33-9-5-11-42(33)16-20(34)14-33/h6-7,12-13,15,20,43H,3-5,8-11,14,16-18,37H2,1-2H3/t20-,32-,33+/m1/s1. The van der Waals surface area contributed by atoms with Crippen molar-refractivity contribution in [3.05, 3.63) is 47.7 Å². The topological polar surface area (TPSA) is 101 Å². The maximum Gasteiger partial charge on any atom is 0.319 e. The molecule has 7 rings (SSSR count). The van der Waals surface area contributed by atoms with Crippen LogP contribution in [0.15, 0.2) is 30.5 Å². The van der Waals surface area contributed by atoms with E-state index < -0.39 is 28.9 Å². The van der Waals surface area contributed by atoms with Crippen molar-refractivity contribution in [2.75, 3.05) is 37.7 Å². The molecular weight excluding hydrogens is 569 g/mol. The minimum Gasteiger partial charge on any atom is -0.508 e. The summed E-state index contributed by atoms with van der Waals surface area (Å²) in [7, 11) is 0. The first-order valence-corrected chi connectivity index (χ1v) is 15.4. The van der Waals surface area contributed by atoms with Crippen molar-refractivity contribution in [2.45, 2.75) is 69.6 Å². The number of ether oxygens (including phenoxy) is 1. The fourth-order valence-electron chi connectivity index (χ4n) is 7.64. The molecule has 0 spiro atoms. The van der Waals surface area contributed by atoms with Crippen LogP contribution >= 0.6 is 0 Å². The van der Waals surface area contributed by atoms with E-state index >= 15 is 4.39 Å². The van der Waals surface area contributed by atoms with Crippen LogP contribution in [0.3, 0.4) is 0 Å². The van der Waals surface area contributed by atoms with Crippen molar-refractivity contribution in [3.63, 3.8) is 0 Å². The van der Waals surface area contributed by atoms with Crippen LogP contribution in [0.4, 0.5) is 19.0 Å². The number of hydrogen-bond acceptors (Lipinski definition) is 8. The third kappa shape index (κ3) is 4.90. The van der Waals surface area contributed by atoms with Gasteiger partial charge in [0.25, 0.3) is 0 Å². The number of anilines is 1. The maximum atomic E-state index is 16.8. The van der Waals surface area contributed by atoms with Crippen LogP contribution in [-0.2, 0) is 6.42 Å². The Bertz CT molecular complexity index is 1770. The van der Waals surface area contributed by atoms with Gasteiger partial charge in [-0.2, -0.15) is 9.97 Å². The van der Waals surface area contributed by atoms with Crippen molar-refractivity contribution in [1.82, 2.24) is 19.9 Å². The SMILES string of the molecule is CCc1c(F)ccc2cc(O)cc(-c3ncc4c(N5CCC[C@@](C)(N)C5)nc(OC[C@@]56CCCN5C[C@H](F)C6)nc4c3F)c12. The quantitative estimate of drug-likeness (QED) is 0.290. The lowest BCUT2D eigenvalue weighted by Gasteiger charge is -2.39. The predicted octanol–water partition coefficient (Wildman–Crippen LogP) is 5.66. The van der Waals surface area contributed by atoms with Gasteiger partial charge < -0.3 is 20.5 Å². The summed E-state index contributed by atoms with van der Waals surface area (Å²) in [5, 5.41) is 12.0. The molecule has 0 bridgehead atoms. The van der Waals surface area contributed by atoms with Crippen molar-refractivity contribution >= 4 is 27.5 Å². The van der Waals surface area contributed by atoms with Crippen LogP contribution < -0.4 is 15.4 Å². The highest BCUT2D eigenvalue weighted by molar-refractivity contribution is 6.01. The Morgan fingerprint density at radius 1 is 1.14 bits per heavy atom. The largest absolute Gasteiger partial charge is 0.508 e. The van der Waals surface area contributed by atoms with Crippen LogP contribution in [-0.4, -0.2) is 75.0 Å². The number of nitrogens with two attached hydrogens (primary N) is 1. The molecule has 3 aliphatic heterocycles. The number of aryl methyl sites for hydroxylation is 1. The molecule has 232 valence electrons. The first-order valence-electron chi connectivity index (χ1n) is 15.4. The molecule has 3 saturated heterocycles. The number of aromatic hydroxyl groups is 1. The van der Waals surface area contributed by atoms with E-state index in [1.54, 1.807) is 6.07 Å². The van der Waals surface area contributed by atoms with Crippen molar-refractivity contribution in [1.29, 1.82) is 0 Å². The van der Waals surface area contributed by atoms with Gasteiger partial charge in [0.2, 0.25) is 0 Å². The first kappa shape index (κ1) is 29.0. The molecule has 0 aliphatic carbocycles. The molecule has 44 heavy (non-hydrogen) atoms. The molecule has 3 N–H and O–H groups in total. The van der Waals surface area contributed by atoms with Gasteiger partial charge in [0.1, 0.15) is 41.4 Å². The summed E-state index contributed by atoms with van der Waals surface area (Å²) in [4.78, 5) is 18.0. The summed E-state index contributed by atoms with van der Waals surface area (Å²) in [6, 6.07) is 5.84. The Hall–Kier alpha value is -3.70. The van der Waals surface area contributed by atoms with Crippen LogP contribution in [0.2, 0.25) is 0 Å². The van der Waals surface area contributed by atoms with E-state index in [0.29, 0.717) is 60.0 Å². The third-order valence-corrected chi connectivity index (χ3v) is 9.66.